The molecule has 7 nitrogen and oxygen atoms in total. The summed E-state index contributed by atoms with van der Waals surface area (Å²) in [4.78, 5) is 27.2. The Balaban J connectivity index is 1.39. The predicted molar refractivity (Wildman–Crippen MR) is 138 cm³/mol. The van der Waals surface area contributed by atoms with Crippen LogP contribution in [0.3, 0.4) is 0 Å². The molecule has 0 aliphatic carbocycles. The highest BCUT2D eigenvalue weighted by molar-refractivity contribution is 8.26. The van der Waals surface area contributed by atoms with Gasteiger partial charge in [0.25, 0.3) is 5.91 Å². The quantitative estimate of drug-likeness (QED) is 0.257. The van der Waals surface area contributed by atoms with Crippen LogP contribution in [0, 0.1) is 5.92 Å². The minimum atomic E-state index is -0.0629. The Hall–Kier alpha value is -2.30. The van der Waals surface area contributed by atoms with Crippen LogP contribution in [0.5, 0.6) is 5.75 Å². The van der Waals surface area contributed by atoms with Crippen molar-refractivity contribution in [3.63, 3.8) is 0 Å². The molecule has 33 heavy (non-hydrogen) atoms. The number of ether oxygens (including phenoxy) is 1. The van der Waals surface area contributed by atoms with E-state index in [1.54, 1.807) is 12.0 Å². The standard InChI is InChI=1S/C23H28N4O3S3/c1-15(2)13-20-25-26-22(33-20)24-19(28)7-5-4-6-12-27-21(29)18(32-23(27)31)14-16-8-10-17(30-3)11-9-16/h8-11,14-15H,4-7,12-13H2,1-3H3,(H,24,26,28)/b18-14-. The Labute approximate surface area is 208 Å². The molecule has 3 rings (SSSR count). The molecule has 0 atom stereocenters. The largest absolute Gasteiger partial charge is 0.497 e. The van der Waals surface area contributed by atoms with Gasteiger partial charge < -0.3 is 10.1 Å². The SMILES string of the molecule is COc1ccc(/C=C2\SC(=S)N(CCCCCC(=O)Nc3nnc(CC(C)C)s3)C2=O)cc1. The van der Waals surface area contributed by atoms with E-state index in [0.717, 1.165) is 42.0 Å². The number of hydrogen-bond donors (Lipinski definition) is 1. The number of nitrogens with one attached hydrogen (secondary N) is 1. The normalized spacial score (nSPS) is 15.0. The van der Waals surface area contributed by atoms with Crippen LogP contribution in [0.15, 0.2) is 29.2 Å². The number of benzene rings is 1. The van der Waals surface area contributed by atoms with Gasteiger partial charge >= 0.3 is 0 Å². The Bertz CT molecular complexity index is 1020. The van der Waals surface area contributed by atoms with Crippen LogP contribution < -0.4 is 10.1 Å². The van der Waals surface area contributed by atoms with Gasteiger partial charge in [0, 0.05) is 19.4 Å². The maximum atomic E-state index is 12.7. The van der Waals surface area contributed by atoms with Gasteiger partial charge in [0.1, 0.15) is 15.1 Å². The van der Waals surface area contributed by atoms with Gasteiger partial charge in [-0.3, -0.25) is 14.5 Å². The average Bonchev–Trinajstić information content (AvgIpc) is 3.31. The maximum Gasteiger partial charge on any atom is 0.266 e. The summed E-state index contributed by atoms with van der Waals surface area (Å²) >= 11 is 8.15. The number of carbonyl (C=O) groups is 2. The van der Waals surface area contributed by atoms with Crippen molar-refractivity contribution in [1.82, 2.24) is 15.1 Å². The predicted octanol–water partition coefficient (Wildman–Crippen LogP) is 5.15. The van der Waals surface area contributed by atoms with E-state index in [-0.39, 0.29) is 11.8 Å². The maximum absolute atomic E-state index is 12.7. The van der Waals surface area contributed by atoms with Gasteiger partial charge in [-0.2, -0.15) is 0 Å². The first-order valence-electron chi connectivity index (χ1n) is 10.9. The van der Waals surface area contributed by atoms with E-state index >= 15 is 0 Å². The van der Waals surface area contributed by atoms with E-state index in [1.165, 1.54) is 23.1 Å². The lowest BCUT2D eigenvalue weighted by molar-refractivity contribution is -0.122. The fourth-order valence-corrected chi connectivity index (χ4v) is 5.47. The second kappa shape index (κ2) is 12.2. The van der Waals surface area contributed by atoms with E-state index in [0.29, 0.717) is 33.2 Å². The third kappa shape index (κ3) is 7.62. The number of aromatic nitrogens is 2. The Morgan fingerprint density at radius 2 is 1.97 bits per heavy atom. The highest BCUT2D eigenvalue weighted by Crippen LogP contribution is 2.33. The van der Waals surface area contributed by atoms with Gasteiger partial charge in [0.05, 0.1) is 12.0 Å². The smallest absolute Gasteiger partial charge is 0.266 e. The topological polar surface area (TPSA) is 84.4 Å². The van der Waals surface area contributed by atoms with Crippen molar-refractivity contribution in [2.75, 3.05) is 19.0 Å². The molecule has 1 aromatic heterocycles. The zero-order valence-electron chi connectivity index (χ0n) is 19.0. The van der Waals surface area contributed by atoms with Crippen LogP contribution in [0.25, 0.3) is 6.08 Å². The van der Waals surface area contributed by atoms with Gasteiger partial charge in [-0.25, -0.2) is 0 Å². The van der Waals surface area contributed by atoms with Crippen molar-refractivity contribution in [1.29, 1.82) is 0 Å². The Morgan fingerprint density at radius 1 is 1.21 bits per heavy atom. The fourth-order valence-electron chi connectivity index (χ4n) is 3.19. The van der Waals surface area contributed by atoms with Crippen LogP contribution in [-0.4, -0.2) is 44.9 Å². The number of anilines is 1. The van der Waals surface area contributed by atoms with Crippen LogP contribution >= 0.6 is 35.3 Å². The van der Waals surface area contributed by atoms with E-state index in [4.69, 9.17) is 17.0 Å². The number of unbranched alkanes of at least 4 members (excludes halogenated alkanes) is 2. The number of thioether (sulfide) groups is 1. The molecule has 10 heteroatoms. The van der Waals surface area contributed by atoms with E-state index in [2.05, 4.69) is 29.4 Å². The van der Waals surface area contributed by atoms with E-state index < -0.39 is 0 Å². The molecule has 1 aliphatic heterocycles. The number of rotatable bonds is 11. The van der Waals surface area contributed by atoms with Gasteiger partial charge in [0.2, 0.25) is 11.0 Å². The molecule has 0 saturated carbocycles. The molecule has 0 spiro atoms. The molecule has 0 unspecified atom stereocenters. The molecule has 1 fully saturated rings. The lowest BCUT2D eigenvalue weighted by Gasteiger charge is -2.14. The summed E-state index contributed by atoms with van der Waals surface area (Å²) in [5, 5.41) is 12.4. The number of carbonyl (C=O) groups excluding carboxylic acids is 2. The van der Waals surface area contributed by atoms with Crippen LogP contribution in [-0.2, 0) is 16.0 Å². The molecule has 2 aromatic rings. The summed E-state index contributed by atoms with van der Waals surface area (Å²) in [6, 6.07) is 7.53. The third-order valence-electron chi connectivity index (χ3n) is 4.87. The summed E-state index contributed by atoms with van der Waals surface area (Å²) in [6.07, 6.45) is 5.47. The van der Waals surface area contributed by atoms with Crippen molar-refractivity contribution in [2.24, 2.45) is 5.92 Å². The monoisotopic (exact) mass is 504 g/mol. The van der Waals surface area contributed by atoms with Gasteiger partial charge in [-0.15, -0.1) is 10.2 Å². The number of amides is 2. The Kier molecular flexibility index (Phi) is 9.40. The van der Waals surface area contributed by atoms with Crippen molar-refractivity contribution >= 4 is 62.7 Å². The molecular formula is C23H28N4O3S3. The van der Waals surface area contributed by atoms with E-state index in [1.807, 2.05) is 30.3 Å². The molecule has 2 amide bonds. The average molecular weight is 505 g/mol. The number of hydrogen-bond acceptors (Lipinski definition) is 8. The molecular weight excluding hydrogens is 476 g/mol. The molecule has 1 N–H and O–H groups in total. The fraction of sp³-hybridized carbons (Fsp3) is 0.435. The lowest BCUT2D eigenvalue weighted by atomic mass is 10.1. The van der Waals surface area contributed by atoms with Crippen molar-refractivity contribution in [3.8, 4) is 5.75 Å². The second-order valence-electron chi connectivity index (χ2n) is 8.06. The number of methoxy groups -OCH3 is 1. The summed E-state index contributed by atoms with van der Waals surface area (Å²) in [5.41, 5.74) is 0.925. The molecule has 1 aromatic carbocycles. The summed E-state index contributed by atoms with van der Waals surface area (Å²) in [5.74, 6) is 1.15. The first-order valence-corrected chi connectivity index (χ1v) is 12.9. The minimum absolute atomic E-state index is 0.0599. The molecule has 1 saturated heterocycles. The highest BCUT2D eigenvalue weighted by Gasteiger charge is 2.31. The van der Waals surface area contributed by atoms with Gasteiger partial charge in [-0.05, 0) is 42.5 Å². The highest BCUT2D eigenvalue weighted by atomic mass is 32.2. The second-order valence-corrected chi connectivity index (χ2v) is 10.8. The minimum Gasteiger partial charge on any atom is -0.497 e. The van der Waals surface area contributed by atoms with Crippen molar-refractivity contribution in [2.45, 2.75) is 46.0 Å². The van der Waals surface area contributed by atoms with Gasteiger partial charge in [-0.1, -0.05) is 67.7 Å². The summed E-state index contributed by atoms with van der Waals surface area (Å²) in [7, 11) is 1.62. The van der Waals surface area contributed by atoms with Crippen LogP contribution in [0.1, 0.15) is 50.1 Å². The first-order chi connectivity index (χ1) is 15.9. The molecule has 0 radical (unpaired) electrons. The van der Waals surface area contributed by atoms with Crippen molar-refractivity contribution < 1.29 is 14.3 Å². The third-order valence-corrected chi connectivity index (χ3v) is 7.11. The Morgan fingerprint density at radius 3 is 2.67 bits per heavy atom. The van der Waals surface area contributed by atoms with Crippen LogP contribution in [0.4, 0.5) is 5.13 Å². The first kappa shape index (κ1) is 25.3. The zero-order chi connectivity index (χ0) is 23.8. The molecule has 176 valence electrons. The summed E-state index contributed by atoms with van der Waals surface area (Å²) < 4.78 is 5.74. The van der Waals surface area contributed by atoms with Crippen LogP contribution in [0.2, 0.25) is 0 Å². The van der Waals surface area contributed by atoms with Crippen molar-refractivity contribution in [3.05, 3.63) is 39.7 Å². The zero-order valence-corrected chi connectivity index (χ0v) is 21.4. The number of nitrogens with zero attached hydrogens (tertiary/aromatic N) is 3. The van der Waals surface area contributed by atoms with Gasteiger partial charge in [0.15, 0.2) is 0 Å². The number of thiocarbonyl (C=S) groups is 1. The molecule has 1 aliphatic rings. The molecule has 0 bridgehead atoms. The van der Waals surface area contributed by atoms with E-state index in [9.17, 15) is 9.59 Å². The summed E-state index contributed by atoms with van der Waals surface area (Å²) in [6.45, 7) is 4.80. The lowest BCUT2D eigenvalue weighted by Crippen LogP contribution is -2.29. The molecule has 2 heterocycles.